The Morgan fingerprint density at radius 3 is 2.14 bits per heavy atom. The van der Waals surface area contributed by atoms with Gasteiger partial charge in [0.1, 0.15) is 5.78 Å². The van der Waals surface area contributed by atoms with Gasteiger partial charge in [-0.3, -0.25) is 9.59 Å². The van der Waals surface area contributed by atoms with Crippen LogP contribution in [-0.2, 0) is 28.6 Å². The molecule has 0 unspecified atom stereocenters. The molecule has 0 aliphatic heterocycles. The molecule has 0 bridgehead atoms. The van der Waals surface area contributed by atoms with Gasteiger partial charge in [0.2, 0.25) is 5.76 Å². The van der Waals surface area contributed by atoms with Crippen LogP contribution in [0.2, 0.25) is 0 Å². The number of esters is 1. The highest BCUT2D eigenvalue weighted by atomic mass is 16.5. The Kier molecular flexibility index (Phi) is 14.5. The molecule has 0 radical (unpaired) electrons. The summed E-state index contributed by atoms with van der Waals surface area (Å²) >= 11 is 0. The van der Waals surface area contributed by atoms with E-state index in [-0.39, 0.29) is 42.8 Å². The van der Waals surface area contributed by atoms with Crippen LogP contribution in [0.25, 0.3) is 5.76 Å². The zero-order valence-corrected chi connectivity index (χ0v) is 17.3. The lowest BCUT2D eigenvalue weighted by Crippen LogP contribution is -2.16. The summed E-state index contributed by atoms with van der Waals surface area (Å²) < 4.78 is 14.6. The van der Waals surface area contributed by atoms with Crippen LogP contribution in [0.5, 0.6) is 0 Å². The quantitative estimate of drug-likeness (QED) is 0.234. The SMILES string of the molecule is CCCCCC(=O)OCCC(=O)CN.COC(C(=O)O)=C(OC)c1ccccc1. The molecule has 0 spiro atoms. The minimum Gasteiger partial charge on any atom is -0.492 e. The van der Waals surface area contributed by atoms with E-state index in [1.54, 1.807) is 24.3 Å². The summed E-state index contributed by atoms with van der Waals surface area (Å²) in [5.74, 6) is -1.44. The largest absolute Gasteiger partial charge is 0.492 e. The molecule has 0 atom stereocenters. The van der Waals surface area contributed by atoms with Gasteiger partial charge in [-0.05, 0) is 6.42 Å². The number of carboxylic acid groups (broad SMARTS) is 1. The summed E-state index contributed by atoms with van der Waals surface area (Å²) in [4.78, 5) is 32.6. The van der Waals surface area contributed by atoms with Crippen LogP contribution in [0.3, 0.4) is 0 Å². The first kappa shape index (κ1) is 26.1. The molecule has 0 saturated carbocycles. The maximum absolute atomic E-state index is 11.0. The number of methoxy groups -OCH3 is 2. The van der Waals surface area contributed by atoms with Crippen LogP contribution in [0, 0.1) is 0 Å². The number of ketones is 1. The van der Waals surface area contributed by atoms with E-state index in [4.69, 9.17) is 25.1 Å². The molecule has 162 valence electrons. The Bertz CT molecular complexity index is 656. The van der Waals surface area contributed by atoms with Gasteiger partial charge in [-0.2, -0.15) is 0 Å². The molecular weight excluding hydrogens is 378 g/mol. The molecule has 0 aliphatic rings. The minimum atomic E-state index is -1.15. The van der Waals surface area contributed by atoms with Gasteiger partial charge >= 0.3 is 11.9 Å². The van der Waals surface area contributed by atoms with E-state index in [0.29, 0.717) is 12.0 Å². The first-order valence-corrected chi connectivity index (χ1v) is 9.39. The van der Waals surface area contributed by atoms with E-state index < -0.39 is 5.97 Å². The summed E-state index contributed by atoms with van der Waals surface area (Å²) in [5, 5.41) is 8.87. The monoisotopic (exact) mass is 409 g/mol. The Balaban J connectivity index is 0.000000543. The van der Waals surface area contributed by atoms with Gasteiger partial charge in [-0.1, -0.05) is 50.1 Å². The van der Waals surface area contributed by atoms with Gasteiger partial charge in [0.05, 0.1) is 27.4 Å². The number of benzene rings is 1. The average Bonchev–Trinajstić information content (AvgIpc) is 2.72. The molecule has 0 saturated heterocycles. The van der Waals surface area contributed by atoms with Crippen LogP contribution >= 0.6 is 0 Å². The molecular formula is C21H31NO7. The number of Topliss-reactive ketones (excluding diaryl/α,β-unsaturated/α-hetero) is 1. The van der Waals surface area contributed by atoms with E-state index in [2.05, 4.69) is 6.92 Å². The molecule has 0 amide bonds. The predicted octanol–water partition coefficient (Wildman–Crippen LogP) is 2.76. The van der Waals surface area contributed by atoms with E-state index >= 15 is 0 Å². The topological polar surface area (TPSA) is 125 Å². The normalized spacial score (nSPS) is 10.8. The van der Waals surface area contributed by atoms with Gasteiger partial charge in [-0.15, -0.1) is 0 Å². The lowest BCUT2D eigenvalue weighted by atomic mass is 10.1. The lowest BCUT2D eigenvalue weighted by Gasteiger charge is -2.09. The summed E-state index contributed by atoms with van der Waals surface area (Å²) in [5.41, 5.74) is 5.76. The van der Waals surface area contributed by atoms with Crippen LogP contribution in [0.1, 0.15) is 44.6 Å². The number of nitrogens with two attached hydrogens (primary N) is 1. The van der Waals surface area contributed by atoms with Crippen LogP contribution in [0.15, 0.2) is 36.1 Å². The van der Waals surface area contributed by atoms with Crippen molar-refractivity contribution >= 4 is 23.5 Å². The number of carbonyl (C=O) groups excluding carboxylic acids is 2. The van der Waals surface area contributed by atoms with Crippen molar-refractivity contribution in [2.75, 3.05) is 27.4 Å². The molecule has 3 N–H and O–H groups in total. The van der Waals surface area contributed by atoms with Crippen molar-refractivity contribution in [3.63, 3.8) is 0 Å². The third kappa shape index (κ3) is 11.5. The third-order valence-corrected chi connectivity index (χ3v) is 3.70. The second kappa shape index (κ2) is 16.1. The number of hydrogen-bond donors (Lipinski definition) is 2. The molecule has 1 rings (SSSR count). The minimum absolute atomic E-state index is 0.0212. The third-order valence-electron chi connectivity index (χ3n) is 3.70. The van der Waals surface area contributed by atoms with Crippen molar-refractivity contribution in [2.24, 2.45) is 5.73 Å². The highest BCUT2D eigenvalue weighted by molar-refractivity contribution is 5.92. The van der Waals surface area contributed by atoms with Gasteiger partial charge in [-0.25, -0.2) is 4.79 Å². The lowest BCUT2D eigenvalue weighted by molar-refractivity contribution is -0.144. The number of carbonyl (C=O) groups is 3. The molecule has 1 aromatic carbocycles. The number of carboxylic acids is 1. The fourth-order valence-corrected chi connectivity index (χ4v) is 2.18. The highest BCUT2D eigenvalue weighted by Gasteiger charge is 2.17. The van der Waals surface area contributed by atoms with Crippen molar-refractivity contribution in [3.8, 4) is 0 Å². The van der Waals surface area contributed by atoms with Crippen LogP contribution in [0.4, 0.5) is 0 Å². The smallest absolute Gasteiger partial charge is 0.375 e. The molecule has 8 nitrogen and oxygen atoms in total. The number of ether oxygens (including phenoxy) is 3. The average molecular weight is 409 g/mol. The van der Waals surface area contributed by atoms with Crippen LogP contribution < -0.4 is 5.73 Å². The van der Waals surface area contributed by atoms with Gasteiger partial charge < -0.3 is 25.1 Å². The Morgan fingerprint density at radius 2 is 1.66 bits per heavy atom. The molecule has 0 aromatic heterocycles. The maximum atomic E-state index is 11.0. The van der Waals surface area contributed by atoms with Crippen LogP contribution in [-0.4, -0.2) is 50.2 Å². The van der Waals surface area contributed by atoms with Crippen molar-refractivity contribution < 1.29 is 33.7 Å². The van der Waals surface area contributed by atoms with E-state index in [0.717, 1.165) is 19.3 Å². The van der Waals surface area contributed by atoms with Crippen molar-refractivity contribution in [2.45, 2.75) is 39.0 Å². The van der Waals surface area contributed by atoms with Gasteiger partial charge in [0.15, 0.2) is 5.76 Å². The first-order valence-electron chi connectivity index (χ1n) is 9.39. The summed E-state index contributed by atoms with van der Waals surface area (Å²) in [6.07, 6.45) is 3.66. The molecule has 29 heavy (non-hydrogen) atoms. The number of hydrogen-bond acceptors (Lipinski definition) is 7. The van der Waals surface area contributed by atoms with Crippen molar-refractivity contribution in [1.82, 2.24) is 0 Å². The predicted molar refractivity (Wildman–Crippen MR) is 109 cm³/mol. The summed E-state index contributed by atoms with van der Waals surface area (Å²) in [6.45, 7) is 2.26. The molecule has 8 heteroatoms. The highest BCUT2D eigenvalue weighted by Crippen LogP contribution is 2.19. The second-order valence-electron chi connectivity index (χ2n) is 5.91. The molecule has 0 heterocycles. The van der Waals surface area contributed by atoms with Crippen molar-refractivity contribution in [1.29, 1.82) is 0 Å². The number of aliphatic carboxylic acids is 1. The standard InChI is InChI=1S/C11H12O4.C10H19NO3/c1-14-9(10(15-2)11(12)13)8-6-4-3-5-7-8;1-2-3-4-5-10(13)14-7-6-9(12)8-11/h3-7H,1-2H3,(H,12,13);2-8,11H2,1H3. The molecule has 0 aliphatic carbocycles. The van der Waals surface area contributed by atoms with Gasteiger partial charge in [0.25, 0.3) is 0 Å². The Morgan fingerprint density at radius 1 is 1.00 bits per heavy atom. The van der Waals surface area contributed by atoms with E-state index in [1.165, 1.54) is 14.2 Å². The fraction of sp³-hybridized carbons (Fsp3) is 0.476. The zero-order valence-electron chi connectivity index (χ0n) is 17.3. The number of rotatable bonds is 12. The first-order chi connectivity index (χ1) is 13.9. The molecule has 0 fully saturated rings. The zero-order chi connectivity index (χ0) is 22.1. The second-order valence-corrected chi connectivity index (χ2v) is 5.91. The summed E-state index contributed by atoms with van der Waals surface area (Å²) in [7, 11) is 2.70. The maximum Gasteiger partial charge on any atom is 0.375 e. The van der Waals surface area contributed by atoms with E-state index in [9.17, 15) is 14.4 Å². The molecule has 1 aromatic rings. The van der Waals surface area contributed by atoms with Gasteiger partial charge in [0, 0.05) is 18.4 Å². The number of unbranched alkanes of at least 4 members (excludes halogenated alkanes) is 2. The Hall–Kier alpha value is -2.87. The fourth-order valence-electron chi connectivity index (χ4n) is 2.18. The summed E-state index contributed by atoms with van der Waals surface area (Å²) in [6, 6.07) is 8.93. The Labute approximate surface area is 171 Å². The van der Waals surface area contributed by atoms with Crippen molar-refractivity contribution in [3.05, 3.63) is 41.7 Å². The van der Waals surface area contributed by atoms with E-state index in [1.807, 2.05) is 6.07 Å².